The quantitative estimate of drug-likeness (QED) is 0.770. The molecule has 1 aromatic carbocycles. The molecular weight excluding hydrogens is 348 g/mol. The number of aryl methyl sites for hydroxylation is 1. The van der Waals surface area contributed by atoms with E-state index in [4.69, 9.17) is 0 Å². The van der Waals surface area contributed by atoms with Crippen molar-refractivity contribution in [2.24, 2.45) is 0 Å². The number of phenols is 1. The van der Waals surface area contributed by atoms with Crippen LogP contribution in [-0.2, 0) is 11.2 Å². The molecule has 1 aliphatic heterocycles. The Kier molecular flexibility index (Phi) is 4.46. The van der Waals surface area contributed by atoms with Crippen molar-refractivity contribution in [3.8, 4) is 5.75 Å². The van der Waals surface area contributed by atoms with Gasteiger partial charge in [0.15, 0.2) is 0 Å². The third-order valence-corrected chi connectivity index (χ3v) is 5.66. The molecular formula is C19H20N4O2S. The van der Waals surface area contributed by atoms with Gasteiger partial charge in [-0.3, -0.25) is 4.79 Å². The maximum atomic E-state index is 12.6. The molecule has 2 aromatic heterocycles. The lowest BCUT2D eigenvalue weighted by Crippen LogP contribution is -2.49. The third-order valence-electron chi connectivity index (χ3n) is 4.70. The number of thiophene rings is 1. The Labute approximate surface area is 155 Å². The first-order valence-corrected chi connectivity index (χ1v) is 9.44. The first-order valence-electron chi connectivity index (χ1n) is 8.62. The average Bonchev–Trinajstić information content (AvgIpc) is 3.04. The summed E-state index contributed by atoms with van der Waals surface area (Å²) in [4.78, 5) is 27.7. The smallest absolute Gasteiger partial charge is 0.227 e. The van der Waals surface area contributed by atoms with Crippen molar-refractivity contribution in [2.75, 3.05) is 31.1 Å². The van der Waals surface area contributed by atoms with E-state index in [2.05, 4.69) is 27.9 Å². The Hall–Kier alpha value is -2.67. The lowest BCUT2D eigenvalue weighted by atomic mass is 10.1. The summed E-state index contributed by atoms with van der Waals surface area (Å²) >= 11 is 1.67. The van der Waals surface area contributed by atoms with Crippen LogP contribution in [0.5, 0.6) is 5.75 Å². The SMILES string of the molecule is Cc1cc2c(N3CCN(C(=O)Cc4ccccc4O)CC3)ncnc2s1. The fourth-order valence-corrected chi connectivity index (χ4v) is 4.16. The standard InChI is InChI=1S/C19H20N4O2S/c1-13-10-15-18(20-12-21-19(15)26-13)23-8-6-22(7-9-23)17(25)11-14-4-2-3-5-16(14)24/h2-5,10,12,24H,6-9,11H2,1H3. The molecule has 134 valence electrons. The lowest BCUT2D eigenvalue weighted by molar-refractivity contribution is -0.130. The molecule has 26 heavy (non-hydrogen) atoms. The molecule has 0 atom stereocenters. The van der Waals surface area contributed by atoms with Crippen LogP contribution in [0.25, 0.3) is 10.2 Å². The van der Waals surface area contributed by atoms with Crippen LogP contribution in [-0.4, -0.2) is 52.1 Å². The molecule has 3 aromatic rings. The van der Waals surface area contributed by atoms with E-state index in [1.165, 1.54) is 4.88 Å². The van der Waals surface area contributed by atoms with Crippen molar-refractivity contribution in [2.45, 2.75) is 13.3 Å². The van der Waals surface area contributed by atoms with Crippen molar-refractivity contribution in [3.05, 3.63) is 47.1 Å². The molecule has 6 nitrogen and oxygen atoms in total. The van der Waals surface area contributed by atoms with E-state index >= 15 is 0 Å². The van der Waals surface area contributed by atoms with Gasteiger partial charge in [-0.15, -0.1) is 11.3 Å². The molecule has 0 spiro atoms. The molecule has 4 rings (SSSR count). The zero-order chi connectivity index (χ0) is 18.1. The van der Waals surface area contributed by atoms with Crippen molar-refractivity contribution in [1.29, 1.82) is 0 Å². The molecule has 1 saturated heterocycles. The summed E-state index contributed by atoms with van der Waals surface area (Å²) < 4.78 is 0. The molecule has 1 amide bonds. The van der Waals surface area contributed by atoms with Crippen molar-refractivity contribution in [1.82, 2.24) is 14.9 Å². The number of benzene rings is 1. The third kappa shape index (κ3) is 3.22. The molecule has 0 unspecified atom stereocenters. The van der Waals surface area contributed by atoms with E-state index in [0.29, 0.717) is 18.7 Å². The molecule has 3 heterocycles. The largest absolute Gasteiger partial charge is 0.508 e. The number of carbonyl (C=O) groups excluding carboxylic acids is 1. The van der Waals surface area contributed by atoms with Crippen LogP contribution in [0, 0.1) is 6.92 Å². The first-order chi connectivity index (χ1) is 12.6. The van der Waals surface area contributed by atoms with Gasteiger partial charge in [-0.05, 0) is 19.1 Å². The zero-order valence-corrected chi connectivity index (χ0v) is 15.4. The van der Waals surface area contributed by atoms with Crippen molar-refractivity contribution >= 4 is 33.3 Å². The molecule has 1 N–H and O–H groups in total. The predicted octanol–water partition coefficient (Wildman–Crippen LogP) is 2.60. The zero-order valence-electron chi connectivity index (χ0n) is 14.6. The second kappa shape index (κ2) is 6.92. The second-order valence-electron chi connectivity index (χ2n) is 6.45. The van der Waals surface area contributed by atoms with Crippen LogP contribution < -0.4 is 4.90 Å². The van der Waals surface area contributed by atoms with Crippen LogP contribution in [0.1, 0.15) is 10.4 Å². The maximum absolute atomic E-state index is 12.6. The summed E-state index contributed by atoms with van der Waals surface area (Å²) in [6.45, 7) is 4.87. The number of nitrogens with zero attached hydrogens (tertiary/aromatic N) is 4. The number of aromatic hydroxyl groups is 1. The molecule has 0 aliphatic carbocycles. The van der Waals surface area contributed by atoms with Gasteiger partial charge in [0.25, 0.3) is 0 Å². The Morgan fingerprint density at radius 3 is 2.73 bits per heavy atom. The monoisotopic (exact) mass is 368 g/mol. The minimum absolute atomic E-state index is 0.0466. The number of phenolic OH excluding ortho intramolecular Hbond substituents is 1. The number of carbonyl (C=O) groups is 1. The highest BCUT2D eigenvalue weighted by atomic mass is 32.1. The van der Waals surface area contributed by atoms with Crippen LogP contribution >= 0.6 is 11.3 Å². The Balaban J connectivity index is 1.44. The summed E-state index contributed by atoms with van der Waals surface area (Å²) in [5.41, 5.74) is 0.672. The van der Waals surface area contributed by atoms with Crippen LogP contribution in [0.4, 0.5) is 5.82 Å². The van der Waals surface area contributed by atoms with Gasteiger partial charge in [-0.25, -0.2) is 9.97 Å². The summed E-state index contributed by atoms with van der Waals surface area (Å²) in [5.74, 6) is 1.17. The number of aromatic nitrogens is 2. The normalized spacial score (nSPS) is 14.8. The molecule has 7 heteroatoms. The van der Waals surface area contributed by atoms with Crippen LogP contribution in [0.15, 0.2) is 36.7 Å². The van der Waals surface area contributed by atoms with E-state index < -0.39 is 0 Å². The first kappa shape index (κ1) is 16.8. The number of hydrogen-bond acceptors (Lipinski definition) is 6. The van der Waals surface area contributed by atoms with E-state index in [1.54, 1.807) is 35.9 Å². The number of hydrogen-bond donors (Lipinski definition) is 1. The summed E-state index contributed by atoms with van der Waals surface area (Å²) in [6, 6.07) is 9.13. The van der Waals surface area contributed by atoms with Gasteiger partial charge in [0.1, 0.15) is 22.7 Å². The summed E-state index contributed by atoms with van der Waals surface area (Å²) in [6.07, 6.45) is 1.84. The number of rotatable bonds is 3. The van der Waals surface area contributed by atoms with E-state index in [-0.39, 0.29) is 18.1 Å². The highest BCUT2D eigenvalue weighted by Gasteiger charge is 2.24. The van der Waals surface area contributed by atoms with Crippen molar-refractivity contribution < 1.29 is 9.90 Å². The number of amides is 1. The van der Waals surface area contributed by atoms with Gasteiger partial charge < -0.3 is 14.9 Å². The lowest BCUT2D eigenvalue weighted by Gasteiger charge is -2.35. The summed E-state index contributed by atoms with van der Waals surface area (Å²) in [7, 11) is 0. The highest BCUT2D eigenvalue weighted by Crippen LogP contribution is 2.30. The molecule has 0 saturated carbocycles. The second-order valence-corrected chi connectivity index (χ2v) is 7.68. The Bertz CT molecular complexity index is 948. The van der Waals surface area contributed by atoms with Gasteiger partial charge in [0, 0.05) is 36.6 Å². The Morgan fingerprint density at radius 1 is 1.19 bits per heavy atom. The molecule has 1 aliphatic rings. The van der Waals surface area contributed by atoms with E-state index in [1.807, 2.05) is 11.0 Å². The fourth-order valence-electron chi connectivity index (χ4n) is 3.32. The van der Waals surface area contributed by atoms with Gasteiger partial charge >= 0.3 is 0 Å². The number of piperazine rings is 1. The van der Waals surface area contributed by atoms with Gasteiger partial charge in [-0.2, -0.15) is 0 Å². The molecule has 0 bridgehead atoms. The predicted molar refractivity (Wildman–Crippen MR) is 103 cm³/mol. The van der Waals surface area contributed by atoms with E-state index in [0.717, 1.165) is 29.1 Å². The average molecular weight is 368 g/mol. The minimum atomic E-state index is 0.0466. The molecule has 1 fully saturated rings. The summed E-state index contributed by atoms with van der Waals surface area (Å²) in [5, 5.41) is 10.9. The Morgan fingerprint density at radius 2 is 1.96 bits per heavy atom. The van der Waals surface area contributed by atoms with Gasteiger partial charge in [0.2, 0.25) is 5.91 Å². The van der Waals surface area contributed by atoms with Crippen LogP contribution in [0.3, 0.4) is 0 Å². The van der Waals surface area contributed by atoms with E-state index in [9.17, 15) is 9.90 Å². The maximum Gasteiger partial charge on any atom is 0.227 e. The number of para-hydroxylation sites is 1. The topological polar surface area (TPSA) is 69.6 Å². The van der Waals surface area contributed by atoms with Crippen molar-refractivity contribution in [3.63, 3.8) is 0 Å². The highest BCUT2D eigenvalue weighted by molar-refractivity contribution is 7.18. The van der Waals surface area contributed by atoms with Gasteiger partial charge in [0.05, 0.1) is 11.8 Å². The fraction of sp³-hybridized carbons (Fsp3) is 0.316. The number of anilines is 1. The number of fused-ring (bicyclic) bond motifs is 1. The van der Waals surface area contributed by atoms with Crippen LogP contribution in [0.2, 0.25) is 0 Å². The minimum Gasteiger partial charge on any atom is -0.508 e. The molecule has 0 radical (unpaired) electrons. The van der Waals surface area contributed by atoms with Gasteiger partial charge in [-0.1, -0.05) is 18.2 Å².